The molecule has 0 amide bonds. The van der Waals surface area contributed by atoms with Gasteiger partial charge in [-0.15, -0.1) is 0 Å². The van der Waals surface area contributed by atoms with E-state index in [0.717, 1.165) is 12.0 Å². The van der Waals surface area contributed by atoms with E-state index in [0.29, 0.717) is 18.7 Å². The third-order valence-corrected chi connectivity index (χ3v) is 6.42. The second-order valence-electron chi connectivity index (χ2n) is 6.23. The van der Waals surface area contributed by atoms with Gasteiger partial charge in [0.2, 0.25) is 10.0 Å². The van der Waals surface area contributed by atoms with E-state index in [-0.39, 0.29) is 17.5 Å². The number of nitrogens with zero attached hydrogens (tertiary/aromatic N) is 1. The third-order valence-electron chi connectivity index (χ3n) is 4.56. The standard InChI is InChI=1S/C19H22FNO3S/c1-3-15-4-6-16(7-5-15)19-13-21(10-11-24-19)25(22,23)17-8-9-18(20)14(2)12-17/h4-9,12,19H,3,10-11,13H2,1-2H3. The summed E-state index contributed by atoms with van der Waals surface area (Å²) in [5.74, 6) is -0.408. The Hall–Kier alpha value is -1.76. The molecule has 0 radical (unpaired) electrons. The van der Waals surface area contributed by atoms with Gasteiger partial charge in [-0.3, -0.25) is 0 Å². The zero-order chi connectivity index (χ0) is 18.0. The lowest BCUT2D eigenvalue weighted by Gasteiger charge is -2.32. The zero-order valence-corrected chi connectivity index (χ0v) is 15.2. The number of sulfonamides is 1. The monoisotopic (exact) mass is 363 g/mol. The zero-order valence-electron chi connectivity index (χ0n) is 14.4. The Morgan fingerprint density at radius 3 is 2.56 bits per heavy atom. The molecule has 1 heterocycles. The maximum atomic E-state index is 13.4. The molecule has 3 rings (SSSR count). The lowest BCUT2D eigenvalue weighted by molar-refractivity contribution is -0.00256. The molecular formula is C19H22FNO3S. The summed E-state index contributed by atoms with van der Waals surface area (Å²) < 4.78 is 46.4. The van der Waals surface area contributed by atoms with Crippen LogP contribution in [0.2, 0.25) is 0 Å². The SMILES string of the molecule is CCc1ccc(C2CN(S(=O)(=O)c3ccc(F)c(C)c3)CCO2)cc1. The maximum absolute atomic E-state index is 13.4. The van der Waals surface area contributed by atoms with E-state index in [1.807, 2.05) is 24.3 Å². The van der Waals surface area contributed by atoms with Gasteiger partial charge in [-0.05, 0) is 48.2 Å². The Morgan fingerprint density at radius 2 is 1.92 bits per heavy atom. The minimum absolute atomic E-state index is 0.119. The van der Waals surface area contributed by atoms with Crippen LogP contribution >= 0.6 is 0 Å². The van der Waals surface area contributed by atoms with E-state index < -0.39 is 15.8 Å². The first kappa shape index (κ1) is 18.0. The van der Waals surface area contributed by atoms with Crippen molar-refractivity contribution >= 4 is 10.0 Å². The molecule has 0 bridgehead atoms. The van der Waals surface area contributed by atoms with Crippen LogP contribution in [0.25, 0.3) is 0 Å². The fourth-order valence-corrected chi connectivity index (χ4v) is 4.45. The fourth-order valence-electron chi connectivity index (χ4n) is 2.94. The number of hydrogen-bond acceptors (Lipinski definition) is 3. The van der Waals surface area contributed by atoms with Crippen LogP contribution in [0, 0.1) is 12.7 Å². The Bertz CT molecular complexity index is 849. The van der Waals surface area contributed by atoms with Crippen molar-refractivity contribution in [1.29, 1.82) is 0 Å². The molecule has 0 aromatic heterocycles. The van der Waals surface area contributed by atoms with Crippen molar-refractivity contribution in [3.8, 4) is 0 Å². The lowest BCUT2D eigenvalue weighted by Crippen LogP contribution is -2.42. The van der Waals surface area contributed by atoms with Crippen LogP contribution in [0.4, 0.5) is 4.39 Å². The maximum Gasteiger partial charge on any atom is 0.243 e. The minimum atomic E-state index is -3.67. The van der Waals surface area contributed by atoms with Crippen molar-refractivity contribution in [3.63, 3.8) is 0 Å². The highest BCUT2D eigenvalue weighted by Gasteiger charge is 2.31. The van der Waals surface area contributed by atoms with Gasteiger partial charge in [0.05, 0.1) is 17.6 Å². The largest absolute Gasteiger partial charge is 0.371 e. The Morgan fingerprint density at radius 1 is 1.20 bits per heavy atom. The molecule has 1 aliphatic heterocycles. The summed E-state index contributed by atoms with van der Waals surface area (Å²) in [7, 11) is -3.67. The average molecular weight is 363 g/mol. The summed E-state index contributed by atoms with van der Waals surface area (Å²) in [5, 5.41) is 0. The number of halogens is 1. The van der Waals surface area contributed by atoms with E-state index in [2.05, 4.69) is 6.92 Å². The molecule has 25 heavy (non-hydrogen) atoms. The highest BCUT2D eigenvalue weighted by atomic mass is 32.2. The highest BCUT2D eigenvalue weighted by Crippen LogP contribution is 2.27. The fraction of sp³-hybridized carbons (Fsp3) is 0.368. The average Bonchev–Trinajstić information content (AvgIpc) is 2.64. The lowest BCUT2D eigenvalue weighted by atomic mass is 10.1. The van der Waals surface area contributed by atoms with E-state index in [9.17, 15) is 12.8 Å². The predicted octanol–water partition coefficient (Wildman–Crippen LogP) is 3.46. The Kier molecular flexibility index (Phi) is 5.22. The molecule has 0 N–H and O–H groups in total. The number of benzene rings is 2. The van der Waals surface area contributed by atoms with Gasteiger partial charge in [-0.2, -0.15) is 4.31 Å². The normalized spacial score (nSPS) is 19.1. The summed E-state index contributed by atoms with van der Waals surface area (Å²) in [6.07, 6.45) is 0.659. The molecule has 1 unspecified atom stereocenters. The highest BCUT2D eigenvalue weighted by molar-refractivity contribution is 7.89. The molecule has 1 aliphatic rings. The summed E-state index contributed by atoms with van der Waals surface area (Å²) >= 11 is 0. The van der Waals surface area contributed by atoms with Gasteiger partial charge in [0.15, 0.2) is 0 Å². The number of hydrogen-bond donors (Lipinski definition) is 0. The molecular weight excluding hydrogens is 341 g/mol. The molecule has 1 atom stereocenters. The first-order valence-electron chi connectivity index (χ1n) is 8.38. The first-order valence-corrected chi connectivity index (χ1v) is 9.82. The van der Waals surface area contributed by atoms with E-state index in [1.165, 1.54) is 28.1 Å². The van der Waals surface area contributed by atoms with Gasteiger partial charge in [-0.25, -0.2) is 12.8 Å². The molecule has 6 heteroatoms. The molecule has 2 aromatic rings. The predicted molar refractivity (Wildman–Crippen MR) is 94.4 cm³/mol. The quantitative estimate of drug-likeness (QED) is 0.836. The van der Waals surface area contributed by atoms with Crippen LogP contribution in [0.5, 0.6) is 0 Å². The Labute approximate surface area is 148 Å². The molecule has 0 spiro atoms. The van der Waals surface area contributed by atoms with Gasteiger partial charge in [0.25, 0.3) is 0 Å². The summed E-state index contributed by atoms with van der Waals surface area (Å²) in [4.78, 5) is 0.119. The van der Waals surface area contributed by atoms with Crippen molar-refractivity contribution in [2.75, 3.05) is 19.7 Å². The topological polar surface area (TPSA) is 46.6 Å². The minimum Gasteiger partial charge on any atom is -0.371 e. The second kappa shape index (κ2) is 7.23. The van der Waals surface area contributed by atoms with Crippen molar-refractivity contribution in [2.45, 2.75) is 31.3 Å². The smallest absolute Gasteiger partial charge is 0.243 e. The summed E-state index contributed by atoms with van der Waals surface area (Å²) in [6, 6.07) is 11.9. The van der Waals surface area contributed by atoms with Crippen molar-refractivity contribution in [2.24, 2.45) is 0 Å². The van der Waals surface area contributed by atoms with Crippen LogP contribution in [0.1, 0.15) is 29.7 Å². The van der Waals surface area contributed by atoms with Crippen LogP contribution in [-0.4, -0.2) is 32.4 Å². The molecule has 0 saturated carbocycles. The van der Waals surface area contributed by atoms with E-state index in [4.69, 9.17) is 4.74 Å². The van der Waals surface area contributed by atoms with Crippen LogP contribution in [0.3, 0.4) is 0 Å². The van der Waals surface area contributed by atoms with Crippen LogP contribution < -0.4 is 0 Å². The molecule has 1 fully saturated rings. The van der Waals surface area contributed by atoms with Crippen molar-refractivity contribution in [3.05, 3.63) is 65.0 Å². The van der Waals surface area contributed by atoms with Crippen LogP contribution in [-0.2, 0) is 21.2 Å². The molecule has 2 aromatic carbocycles. The molecule has 134 valence electrons. The van der Waals surface area contributed by atoms with Gasteiger partial charge in [-0.1, -0.05) is 31.2 Å². The van der Waals surface area contributed by atoms with Crippen molar-refractivity contribution in [1.82, 2.24) is 4.31 Å². The van der Waals surface area contributed by atoms with Gasteiger partial charge >= 0.3 is 0 Å². The van der Waals surface area contributed by atoms with E-state index >= 15 is 0 Å². The summed E-state index contributed by atoms with van der Waals surface area (Å²) in [5.41, 5.74) is 2.51. The van der Waals surface area contributed by atoms with Gasteiger partial charge in [0, 0.05) is 13.1 Å². The number of morpholine rings is 1. The molecule has 1 saturated heterocycles. The second-order valence-corrected chi connectivity index (χ2v) is 8.17. The van der Waals surface area contributed by atoms with Crippen LogP contribution in [0.15, 0.2) is 47.4 Å². The van der Waals surface area contributed by atoms with Gasteiger partial charge < -0.3 is 4.74 Å². The summed E-state index contributed by atoms with van der Waals surface area (Å²) in [6.45, 7) is 4.53. The number of ether oxygens (including phenoxy) is 1. The molecule has 0 aliphatic carbocycles. The number of rotatable bonds is 4. The number of aryl methyl sites for hydroxylation is 2. The van der Waals surface area contributed by atoms with Gasteiger partial charge in [0.1, 0.15) is 5.82 Å². The van der Waals surface area contributed by atoms with E-state index in [1.54, 1.807) is 6.92 Å². The molecule has 4 nitrogen and oxygen atoms in total. The third kappa shape index (κ3) is 3.76. The first-order chi connectivity index (χ1) is 11.9. The van der Waals surface area contributed by atoms with Crippen molar-refractivity contribution < 1.29 is 17.5 Å². The Balaban J connectivity index is 1.83.